The van der Waals surface area contributed by atoms with Gasteiger partial charge in [-0.3, -0.25) is 4.79 Å². The van der Waals surface area contributed by atoms with Crippen molar-refractivity contribution in [2.24, 2.45) is 5.92 Å². The molecule has 0 saturated carbocycles. The number of rotatable bonds is 5. The third-order valence-electron chi connectivity index (χ3n) is 3.94. The predicted molar refractivity (Wildman–Crippen MR) is 76.8 cm³/mol. The molecule has 0 radical (unpaired) electrons. The van der Waals surface area contributed by atoms with Gasteiger partial charge in [0.15, 0.2) is 5.78 Å². The van der Waals surface area contributed by atoms with Gasteiger partial charge < -0.3 is 14.2 Å². The summed E-state index contributed by atoms with van der Waals surface area (Å²) in [4.78, 5) is 12.4. The average molecular weight is 278 g/mol. The van der Waals surface area contributed by atoms with Crippen LogP contribution in [0.3, 0.4) is 0 Å². The van der Waals surface area contributed by atoms with Gasteiger partial charge in [-0.05, 0) is 37.3 Å². The fourth-order valence-electron chi connectivity index (χ4n) is 2.88. The van der Waals surface area contributed by atoms with Crippen molar-refractivity contribution in [2.45, 2.75) is 32.3 Å². The third-order valence-corrected chi connectivity index (χ3v) is 3.94. The molecule has 1 aromatic rings. The molecule has 2 rings (SSSR count). The minimum atomic E-state index is 0.152. The van der Waals surface area contributed by atoms with Crippen LogP contribution in [0.4, 0.5) is 0 Å². The van der Waals surface area contributed by atoms with Crippen molar-refractivity contribution < 1.29 is 19.0 Å². The van der Waals surface area contributed by atoms with E-state index in [-0.39, 0.29) is 11.9 Å². The molecule has 1 aliphatic carbocycles. The van der Waals surface area contributed by atoms with Crippen LogP contribution >= 0.6 is 0 Å². The number of carbonyl (C=O) groups excluding carboxylic acids is 1. The molecule has 0 aliphatic heterocycles. The van der Waals surface area contributed by atoms with Crippen molar-refractivity contribution in [2.75, 3.05) is 21.3 Å². The van der Waals surface area contributed by atoms with Crippen molar-refractivity contribution in [1.29, 1.82) is 0 Å². The lowest BCUT2D eigenvalue weighted by molar-refractivity contribution is 0.0814. The van der Waals surface area contributed by atoms with Gasteiger partial charge >= 0.3 is 0 Å². The SMILES string of the molecule is COc1cc2c(c(OC)c1)C(=O)C[C@@H](C[C@H](C)OC)C2. The number of methoxy groups -OCH3 is 3. The second kappa shape index (κ2) is 6.27. The van der Waals surface area contributed by atoms with Gasteiger partial charge in [0.25, 0.3) is 0 Å². The topological polar surface area (TPSA) is 44.8 Å². The Morgan fingerprint density at radius 3 is 2.55 bits per heavy atom. The molecule has 0 bridgehead atoms. The summed E-state index contributed by atoms with van der Waals surface area (Å²) >= 11 is 0. The first-order valence-corrected chi connectivity index (χ1v) is 6.89. The monoisotopic (exact) mass is 278 g/mol. The molecule has 110 valence electrons. The Balaban J connectivity index is 2.31. The number of ketones is 1. The van der Waals surface area contributed by atoms with Crippen LogP contribution < -0.4 is 9.47 Å². The quantitative estimate of drug-likeness (QED) is 0.830. The van der Waals surface area contributed by atoms with Gasteiger partial charge in [-0.15, -0.1) is 0 Å². The maximum Gasteiger partial charge on any atom is 0.167 e. The molecule has 2 atom stereocenters. The normalized spacial score (nSPS) is 19.4. The van der Waals surface area contributed by atoms with E-state index in [1.54, 1.807) is 27.4 Å². The molecular formula is C16H22O4. The summed E-state index contributed by atoms with van der Waals surface area (Å²) in [5.74, 6) is 1.82. The molecule has 0 heterocycles. The zero-order chi connectivity index (χ0) is 14.7. The van der Waals surface area contributed by atoms with E-state index in [2.05, 4.69) is 0 Å². The van der Waals surface area contributed by atoms with Crippen molar-refractivity contribution >= 4 is 5.78 Å². The molecule has 1 aromatic carbocycles. The first-order chi connectivity index (χ1) is 9.58. The molecule has 0 amide bonds. The number of Topliss-reactive ketones (excluding diaryl/α,β-unsaturated/α-hetero) is 1. The van der Waals surface area contributed by atoms with Gasteiger partial charge in [-0.25, -0.2) is 0 Å². The maximum absolute atomic E-state index is 12.4. The Morgan fingerprint density at radius 2 is 1.95 bits per heavy atom. The van der Waals surface area contributed by atoms with E-state index in [1.165, 1.54) is 0 Å². The molecule has 0 fully saturated rings. The van der Waals surface area contributed by atoms with E-state index in [1.807, 2.05) is 13.0 Å². The lowest BCUT2D eigenvalue weighted by Crippen LogP contribution is -2.24. The minimum Gasteiger partial charge on any atom is -0.497 e. The lowest BCUT2D eigenvalue weighted by Gasteiger charge is -2.27. The Hall–Kier alpha value is -1.55. The highest BCUT2D eigenvalue weighted by atomic mass is 16.5. The summed E-state index contributed by atoms with van der Waals surface area (Å²) in [5, 5.41) is 0. The van der Waals surface area contributed by atoms with E-state index in [9.17, 15) is 4.79 Å². The predicted octanol–water partition coefficient (Wildman–Crippen LogP) is 2.87. The highest BCUT2D eigenvalue weighted by Gasteiger charge is 2.29. The Morgan fingerprint density at radius 1 is 1.20 bits per heavy atom. The van der Waals surface area contributed by atoms with Crippen LogP contribution in [-0.4, -0.2) is 33.2 Å². The molecule has 0 aromatic heterocycles. The highest BCUT2D eigenvalue weighted by molar-refractivity contribution is 6.01. The summed E-state index contributed by atoms with van der Waals surface area (Å²) in [6, 6.07) is 3.72. The van der Waals surface area contributed by atoms with Crippen LogP contribution in [0.5, 0.6) is 11.5 Å². The van der Waals surface area contributed by atoms with Crippen molar-refractivity contribution in [3.8, 4) is 11.5 Å². The van der Waals surface area contributed by atoms with Gasteiger partial charge in [-0.1, -0.05) is 0 Å². The Labute approximate surface area is 120 Å². The Kier molecular flexibility index (Phi) is 4.65. The van der Waals surface area contributed by atoms with E-state index < -0.39 is 0 Å². The number of fused-ring (bicyclic) bond motifs is 1. The van der Waals surface area contributed by atoms with Crippen LogP contribution in [0.25, 0.3) is 0 Å². The molecule has 4 heteroatoms. The van der Waals surface area contributed by atoms with Crippen molar-refractivity contribution in [3.05, 3.63) is 23.3 Å². The summed E-state index contributed by atoms with van der Waals surface area (Å²) in [6.45, 7) is 2.03. The summed E-state index contributed by atoms with van der Waals surface area (Å²) in [6.07, 6.45) is 2.48. The first kappa shape index (κ1) is 14.9. The largest absolute Gasteiger partial charge is 0.497 e. The molecular weight excluding hydrogens is 256 g/mol. The van der Waals surface area contributed by atoms with Gasteiger partial charge in [0.05, 0.1) is 25.9 Å². The van der Waals surface area contributed by atoms with E-state index in [0.29, 0.717) is 18.1 Å². The van der Waals surface area contributed by atoms with Gasteiger partial charge in [0.1, 0.15) is 11.5 Å². The number of hydrogen-bond donors (Lipinski definition) is 0. The fraction of sp³-hybridized carbons (Fsp3) is 0.562. The molecule has 0 saturated heterocycles. The fourth-order valence-corrected chi connectivity index (χ4v) is 2.88. The number of hydrogen-bond acceptors (Lipinski definition) is 4. The molecule has 0 spiro atoms. The number of benzene rings is 1. The Bertz CT molecular complexity index is 495. The van der Waals surface area contributed by atoms with Crippen LogP contribution in [0.1, 0.15) is 35.7 Å². The zero-order valence-electron chi connectivity index (χ0n) is 12.6. The van der Waals surface area contributed by atoms with E-state index >= 15 is 0 Å². The third kappa shape index (κ3) is 2.96. The molecule has 4 nitrogen and oxygen atoms in total. The van der Waals surface area contributed by atoms with Gasteiger partial charge in [-0.2, -0.15) is 0 Å². The zero-order valence-corrected chi connectivity index (χ0v) is 12.6. The van der Waals surface area contributed by atoms with Gasteiger partial charge in [0.2, 0.25) is 0 Å². The smallest absolute Gasteiger partial charge is 0.167 e. The molecule has 1 aliphatic rings. The second-order valence-electron chi connectivity index (χ2n) is 5.34. The van der Waals surface area contributed by atoms with Crippen LogP contribution in [0.15, 0.2) is 12.1 Å². The average Bonchev–Trinajstić information content (AvgIpc) is 2.45. The van der Waals surface area contributed by atoms with E-state index in [0.717, 1.165) is 29.7 Å². The molecule has 20 heavy (non-hydrogen) atoms. The number of carbonyl (C=O) groups is 1. The molecule has 0 N–H and O–H groups in total. The van der Waals surface area contributed by atoms with Crippen LogP contribution in [0.2, 0.25) is 0 Å². The lowest BCUT2D eigenvalue weighted by atomic mass is 9.80. The van der Waals surface area contributed by atoms with Gasteiger partial charge in [0, 0.05) is 19.6 Å². The molecule has 0 unspecified atom stereocenters. The second-order valence-corrected chi connectivity index (χ2v) is 5.34. The summed E-state index contributed by atoms with van der Waals surface area (Å²) < 4.78 is 15.9. The summed E-state index contributed by atoms with van der Waals surface area (Å²) in [5.41, 5.74) is 1.74. The van der Waals surface area contributed by atoms with Crippen LogP contribution in [-0.2, 0) is 11.2 Å². The first-order valence-electron chi connectivity index (χ1n) is 6.89. The van der Waals surface area contributed by atoms with Crippen molar-refractivity contribution in [1.82, 2.24) is 0 Å². The summed E-state index contributed by atoms with van der Waals surface area (Å²) in [7, 11) is 4.91. The van der Waals surface area contributed by atoms with Crippen molar-refractivity contribution in [3.63, 3.8) is 0 Å². The number of ether oxygens (including phenoxy) is 3. The highest BCUT2D eigenvalue weighted by Crippen LogP contribution is 2.37. The maximum atomic E-state index is 12.4. The van der Waals surface area contributed by atoms with E-state index in [4.69, 9.17) is 14.2 Å². The minimum absolute atomic E-state index is 0.152. The standard InChI is InChI=1S/C16H22O4/c1-10(18-2)5-11-6-12-8-13(19-3)9-15(20-4)16(12)14(17)7-11/h8-11H,5-7H2,1-4H3/t10-,11-/m0/s1. The van der Waals surface area contributed by atoms with Crippen LogP contribution in [0, 0.1) is 5.92 Å².